The van der Waals surface area contributed by atoms with Gasteiger partial charge in [0.2, 0.25) is 0 Å². The van der Waals surface area contributed by atoms with Gasteiger partial charge in [-0.15, -0.1) is 0 Å². The van der Waals surface area contributed by atoms with Crippen molar-refractivity contribution in [2.45, 2.75) is 5.41 Å². The first kappa shape index (κ1) is 34.5. The van der Waals surface area contributed by atoms with Gasteiger partial charge in [0, 0.05) is 32.8 Å². The topological polar surface area (TPSA) is 9.86 Å². The number of fused-ring (bicyclic) bond motifs is 16. The average molecular weight is 799 g/mol. The molecule has 0 unspecified atom stereocenters. The van der Waals surface area contributed by atoms with Gasteiger partial charge in [-0.1, -0.05) is 176 Å². The highest BCUT2D eigenvalue weighted by molar-refractivity contribution is 6.13. The maximum absolute atomic E-state index is 2.52. The zero-order valence-electron chi connectivity index (χ0n) is 34.3. The third-order valence-electron chi connectivity index (χ3n) is 14.2. The van der Waals surface area contributed by atoms with Crippen molar-refractivity contribution in [3.8, 4) is 55.9 Å². The second-order valence-corrected chi connectivity index (χ2v) is 17.2. The molecule has 2 nitrogen and oxygen atoms in total. The summed E-state index contributed by atoms with van der Waals surface area (Å²) in [5.41, 5.74) is 22.3. The Bertz CT molecular complexity index is 3800. The first-order valence-electron chi connectivity index (χ1n) is 21.9. The minimum Gasteiger partial charge on any atom is -0.309 e. The SMILES string of the molecule is c1ccc(-c2ccc(-n3c4ccccc4c4cc(-c5ccc6c(c5)c5ccccc5n6-c5cccc6c5-c5ccccc5C65c6ccccc6-c6ccccc65)ccc43)cc2)cc1. The first-order valence-corrected chi connectivity index (χ1v) is 21.9. The predicted molar refractivity (Wildman–Crippen MR) is 262 cm³/mol. The van der Waals surface area contributed by atoms with Crippen LogP contribution in [0.5, 0.6) is 0 Å². The van der Waals surface area contributed by atoms with E-state index in [0.29, 0.717) is 0 Å². The van der Waals surface area contributed by atoms with Crippen LogP contribution in [0.3, 0.4) is 0 Å². The van der Waals surface area contributed by atoms with Crippen molar-refractivity contribution < 1.29 is 0 Å². The van der Waals surface area contributed by atoms with Crippen LogP contribution in [0.15, 0.2) is 231 Å². The molecule has 2 heterocycles. The van der Waals surface area contributed by atoms with Crippen molar-refractivity contribution >= 4 is 43.6 Å². The lowest BCUT2D eigenvalue weighted by Crippen LogP contribution is -2.25. The second kappa shape index (κ2) is 12.9. The highest BCUT2D eigenvalue weighted by Crippen LogP contribution is 2.63. The van der Waals surface area contributed by atoms with Gasteiger partial charge < -0.3 is 9.13 Å². The third kappa shape index (κ3) is 4.62. The van der Waals surface area contributed by atoms with Crippen molar-refractivity contribution in [2.75, 3.05) is 0 Å². The van der Waals surface area contributed by atoms with Crippen LogP contribution >= 0.6 is 0 Å². The molecule has 0 bridgehead atoms. The number of hydrogen-bond donors (Lipinski definition) is 0. The Kier molecular flexibility index (Phi) is 7.07. The molecule has 1 spiro atoms. The van der Waals surface area contributed by atoms with Gasteiger partial charge in [0.15, 0.2) is 0 Å². The maximum atomic E-state index is 2.52. The molecule has 0 saturated heterocycles. The molecular formula is C61H38N2. The highest BCUT2D eigenvalue weighted by Gasteiger charge is 2.52. The molecule has 0 radical (unpaired) electrons. The molecule has 0 saturated carbocycles. The highest BCUT2D eigenvalue weighted by atomic mass is 15.0. The Morgan fingerprint density at radius 2 is 0.714 bits per heavy atom. The average Bonchev–Trinajstić information content (AvgIpc) is 4.06. The summed E-state index contributed by atoms with van der Waals surface area (Å²) < 4.78 is 4.93. The fourth-order valence-electron chi connectivity index (χ4n) is 11.6. The van der Waals surface area contributed by atoms with E-state index in [0.717, 1.165) is 5.69 Å². The van der Waals surface area contributed by atoms with Crippen LogP contribution in [0.1, 0.15) is 22.3 Å². The summed E-state index contributed by atoms with van der Waals surface area (Å²) in [6, 6.07) is 85.6. The molecule has 2 aliphatic carbocycles. The van der Waals surface area contributed by atoms with Crippen LogP contribution < -0.4 is 0 Å². The van der Waals surface area contributed by atoms with E-state index in [9.17, 15) is 0 Å². The molecule has 0 amide bonds. The fourth-order valence-corrected chi connectivity index (χ4v) is 11.6. The number of aromatic nitrogens is 2. The van der Waals surface area contributed by atoms with Gasteiger partial charge in [0.1, 0.15) is 0 Å². The summed E-state index contributed by atoms with van der Waals surface area (Å²) in [4.78, 5) is 0. The van der Waals surface area contributed by atoms with E-state index in [4.69, 9.17) is 0 Å². The van der Waals surface area contributed by atoms with Gasteiger partial charge in [-0.2, -0.15) is 0 Å². The smallest absolute Gasteiger partial charge is 0.0726 e. The predicted octanol–water partition coefficient (Wildman–Crippen LogP) is 15.6. The summed E-state index contributed by atoms with van der Waals surface area (Å²) >= 11 is 0. The van der Waals surface area contributed by atoms with Crippen molar-refractivity contribution in [2.24, 2.45) is 0 Å². The summed E-state index contributed by atoms with van der Waals surface area (Å²) in [6.45, 7) is 0. The number of nitrogens with zero attached hydrogens (tertiary/aromatic N) is 2. The summed E-state index contributed by atoms with van der Waals surface area (Å²) in [5.74, 6) is 0. The molecule has 0 N–H and O–H groups in total. The molecule has 10 aromatic carbocycles. The molecule has 0 aliphatic heterocycles. The minimum atomic E-state index is -0.394. The number of rotatable bonds is 4. The van der Waals surface area contributed by atoms with Gasteiger partial charge in [0.05, 0.1) is 33.2 Å². The van der Waals surface area contributed by atoms with E-state index in [1.54, 1.807) is 0 Å². The molecule has 2 aromatic heterocycles. The summed E-state index contributed by atoms with van der Waals surface area (Å²) in [7, 11) is 0. The normalized spacial score (nSPS) is 13.2. The van der Waals surface area contributed by atoms with Crippen LogP contribution in [0, 0.1) is 0 Å². The van der Waals surface area contributed by atoms with E-state index >= 15 is 0 Å². The monoisotopic (exact) mass is 798 g/mol. The zero-order chi connectivity index (χ0) is 41.2. The molecule has 63 heavy (non-hydrogen) atoms. The van der Waals surface area contributed by atoms with Gasteiger partial charge in [-0.3, -0.25) is 0 Å². The van der Waals surface area contributed by atoms with Crippen LogP contribution in [0.4, 0.5) is 0 Å². The Morgan fingerprint density at radius 1 is 0.270 bits per heavy atom. The Balaban J connectivity index is 0.945. The number of benzene rings is 10. The van der Waals surface area contributed by atoms with Crippen LogP contribution in [-0.2, 0) is 5.41 Å². The number of hydrogen-bond acceptors (Lipinski definition) is 0. The lowest BCUT2D eigenvalue weighted by Gasteiger charge is -2.30. The van der Waals surface area contributed by atoms with Crippen molar-refractivity contribution in [1.82, 2.24) is 9.13 Å². The Labute approximate surface area is 365 Å². The van der Waals surface area contributed by atoms with E-state index in [-0.39, 0.29) is 0 Å². The van der Waals surface area contributed by atoms with Crippen molar-refractivity contribution in [3.05, 3.63) is 253 Å². The van der Waals surface area contributed by atoms with Gasteiger partial charge in [-0.25, -0.2) is 0 Å². The van der Waals surface area contributed by atoms with E-state index in [2.05, 4.69) is 240 Å². The van der Waals surface area contributed by atoms with Crippen molar-refractivity contribution in [3.63, 3.8) is 0 Å². The number of para-hydroxylation sites is 2. The third-order valence-corrected chi connectivity index (χ3v) is 14.2. The maximum Gasteiger partial charge on any atom is 0.0726 e. The first-order chi connectivity index (χ1) is 31.3. The molecule has 2 heteroatoms. The molecule has 0 atom stereocenters. The molecule has 14 rings (SSSR count). The lowest BCUT2D eigenvalue weighted by molar-refractivity contribution is 0.793. The van der Waals surface area contributed by atoms with Crippen LogP contribution in [0.2, 0.25) is 0 Å². The van der Waals surface area contributed by atoms with Gasteiger partial charge in [-0.05, 0) is 116 Å². The second-order valence-electron chi connectivity index (χ2n) is 17.2. The van der Waals surface area contributed by atoms with Crippen LogP contribution in [-0.4, -0.2) is 9.13 Å². The van der Waals surface area contributed by atoms with Gasteiger partial charge in [0.25, 0.3) is 0 Å². The molecule has 2 aliphatic rings. The standard InChI is InChI=1S/C61H38N2/c1-2-15-39(16-3-1)40-29-33-43(34-30-40)62-55-26-12-7-19-46(55)49-37-41(31-35-57(49)62)42-32-36-58-50(38-42)47-20-8-13-27-56(47)63(58)59-28-14-25-54-60(59)48-21-6-11-24-53(48)61(54)51-22-9-4-17-44(51)45-18-5-10-23-52(45)61/h1-38H. The quantitative estimate of drug-likeness (QED) is 0.168. The van der Waals surface area contributed by atoms with E-state index in [1.807, 2.05) is 0 Å². The zero-order valence-corrected chi connectivity index (χ0v) is 34.3. The fraction of sp³-hybridized carbons (Fsp3) is 0.0164. The van der Waals surface area contributed by atoms with E-state index in [1.165, 1.54) is 116 Å². The summed E-state index contributed by atoms with van der Waals surface area (Å²) in [5, 5.41) is 5.00. The molecule has 0 fully saturated rings. The lowest BCUT2D eigenvalue weighted by atomic mass is 9.70. The Morgan fingerprint density at radius 3 is 1.35 bits per heavy atom. The largest absolute Gasteiger partial charge is 0.309 e. The van der Waals surface area contributed by atoms with Crippen molar-refractivity contribution in [1.29, 1.82) is 0 Å². The molecule has 292 valence electrons. The van der Waals surface area contributed by atoms with Crippen LogP contribution in [0.25, 0.3) is 99.5 Å². The minimum absolute atomic E-state index is 0.394. The molecular weight excluding hydrogens is 761 g/mol. The summed E-state index contributed by atoms with van der Waals surface area (Å²) in [6.07, 6.45) is 0. The molecule has 12 aromatic rings. The van der Waals surface area contributed by atoms with E-state index < -0.39 is 5.41 Å². The van der Waals surface area contributed by atoms with Gasteiger partial charge >= 0.3 is 0 Å². The Hall–Kier alpha value is -8.20.